The summed E-state index contributed by atoms with van der Waals surface area (Å²) in [5.74, 6) is -1.20. The van der Waals surface area contributed by atoms with Crippen molar-refractivity contribution < 1.29 is 37.0 Å². The minimum atomic E-state index is -5.23. The number of carbonyl (C=O) groups excluding carboxylic acids is 2. The van der Waals surface area contributed by atoms with Gasteiger partial charge in [0.05, 0.1) is 0 Å². The first kappa shape index (κ1) is 24.7. The van der Waals surface area contributed by atoms with E-state index in [9.17, 15) is 32.3 Å². The highest BCUT2D eigenvalue weighted by atomic mass is 19.4. The maximum atomic E-state index is 14.0. The molecule has 0 aliphatic carbocycles. The van der Waals surface area contributed by atoms with E-state index in [4.69, 9.17) is 4.74 Å². The number of rotatable bonds is 5. The third kappa shape index (κ3) is 4.88. The second-order valence-corrected chi connectivity index (χ2v) is 8.07. The van der Waals surface area contributed by atoms with Crippen molar-refractivity contribution in [3.8, 4) is 0 Å². The predicted octanol–water partition coefficient (Wildman–Crippen LogP) is 4.77. The van der Waals surface area contributed by atoms with Crippen molar-refractivity contribution in [3.05, 3.63) is 65.2 Å². The van der Waals surface area contributed by atoms with E-state index in [0.717, 1.165) is 12.1 Å². The second-order valence-electron chi connectivity index (χ2n) is 8.07. The molecular formula is C24H25F4NO4. The van der Waals surface area contributed by atoms with Crippen molar-refractivity contribution in [2.75, 3.05) is 11.4 Å². The number of halogens is 4. The summed E-state index contributed by atoms with van der Waals surface area (Å²) in [4.78, 5) is 26.5. The highest BCUT2D eigenvalue weighted by Gasteiger charge is 2.59. The lowest BCUT2D eigenvalue weighted by molar-refractivity contribution is -0.285. The molecule has 0 spiro atoms. The van der Waals surface area contributed by atoms with Crippen LogP contribution in [0.5, 0.6) is 0 Å². The van der Waals surface area contributed by atoms with E-state index in [2.05, 4.69) is 0 Å². The molecule has 1 heterocycles. The molecule has 0 bridgehead atoms. The number of carbonyl (C=O) groups is 2. The predicted molar refractivity (Wildman–Crippen MR) is 113 cm³/mol. The van der Waals surface area contributed by atoms with E-state index in [1.54, 1.807) is 30.3 Å². The average Bonchev–Trinajstić information content (AvgIpc) is 2.98. The van der Waals surface area contributed by atoms with Gasteiger partial charge in [-0.3, -0.25) is 9.59 Å². The summed E-state index contributed by atoms with van der Waals surface area (Å²) >= 11 is 0. The van der Waals surface area contributed by atoms with Gasteiger partial charge in [-0.1, -0.05) is 42.5 Å². The minimum Gasteiger partial charge on any atom is -0.447 e. The molecule has 1 N–H and O–H groups in total. The van der Waals surface area contributed by atoms with Gasteiger partial charge in [0.1, 0.15) is 6.17 Å². The molecule has 0 saturated heterocycles. The Balaban J connectivity index is 2.05. The fourth-order valence-corrected chi connectivity index (χ4v) is 4.04. The Labute approximate surface area is 189 Å². The number of hydrogen-bond donors (Lipinski definition) is 1. The second kappa shape index (κ2) is 9.51. The Morgan fingerprint density at radius 1 is 1.09 bits per heavy atom. The summed E-state index contributed by atoms with van der Waals surface area (Å²) in [6.45, 7) is 2.10. The molecule has 5 nitrogen and oxygen atoms in total. The molecule has 0 fully saturated rings. The molecule has 1 aliphatic rings. The van der Waals surface area contributed by atoms with Gasteiger partial charge in [-0.15, -0.1) is 0 Å². The molecule has 3 rings (SSSR count). The number of anilines is 1. The van der Waals surface area contributed by atoms with Gasteiger partial charge in [-0.05, 0) is 43.4 Å². The Morgan fingerprint density at radius 3 is 2.33 bits per heavy atom. The number of aliphatic hydroxyl groups is 1. The third-order valence-corrected chi connectivity index (χ3v) is 5.77. The molecule has 0 saturated carbocycles. The molecule has 0 radical (unpaired) electrons. The maximum Gasteiger partial charge on any atom is 0.424 e. The molecule has 2 unspecified atom stereocenters. The van der Waals surface area contributed by atoms with Crippen molar-refractivity contribution in [1.82, 2.24) is 0 Å². The summed E-state index contributed by atoms with van der Waals surface area (Å²) in [5.41, 5.74) is -3.13. The number of benzene rings is 2. The molecule has 178 valence electrons. The van der Waals surface area contributed by atoms with Gasteiger partial charge in [0, 0.05) is 24.7 Å². The van der Waals surface area contributed by atoms with Crippen LogP contribution in [0.4, 0.5) is 23.2 Å². The first-order chi connectivity index (χ1) is 15.5. The summed E-state index contributed by atoms with van der Waals surface area (Å²) < 4.78 is 60.0. The van der Waals surface area contributed by atoms with Crippen molar-refractivity contribution in [3.63, 3.8) is 0 Å². The normalized spacial score (nSPS) is 17.8. The number of hydrogen-bond acceptors (Lipinski definition) is 4. The summed E-state index contributed by atoms with van der Waals surface area (Å²) in [5, 5.41) is 10.2. The van der Waals surface area contributed by atoms with Gasteiger partial charge in [0.2, 0.25) is 11.7 Å². The van der Waals surface area contributed by atoms with Gasteiger partial charge in [0.25, 0.3) is 5.91 Å². The van der Waals surface area contributed by atoms with Gasteiger partial charge >= 0.3 is 12.1 Å². The number of amides is 1. The van der Waals surface area contributed by atoms with Gasteiger partial charge < -0.3 is 14.7 Å². The molecule has 9 heteroatoms. The van der Waals surface area contributed by atoms with E-state index in [-0.39, 0.29) is 6.54 Å². The third-order valence-electron chi connectivity index (χ3n) is 5.77. The maximum absolute atomic E-state index is 14.0. The van der Waals surface area contributed by atoms with Gasteiger partial charge in [-0.25, -0.2) is 4.39 Å². The molecule has 2 aromatic rings. The van der Waals surface area contributed by atoms with Crippen LogP contribution in [0.25, 0.3) is 0 Å². The molecule has 0 aromatic heterocycles. The van der Waals surface area contributed by atoms with Crippen LogP contribution >= 0.6 is 0 Å². The summed E-state index contributed by atoms with van der Waals surface area (Å²) in [7, 11) is 0. The van der Waals surface area contributed by atoms with Crippen LogP contribution in [0.2, 0.25) is 0 Å². The first-order valence-corrected chi connectivity index (χ1v) is 10.6. The lowest BCUT2D eigenvalue weighted by Gasteiger charge is -2.33. The van der Waals surface area contributed by atoms with E-state index >= 15 is 0 Å². The number of alkyl halides is 4. The Kier molecular flexibility index (Phi) is 7.11. The average molecular weight is 467 g/mol. The Bertz CT molecular complexity index is 1010. The summed E-state index contributed by atoms with van der Waals surface area (Å²) in [6, 6.07) is 11.8. The molecule has 1 aliphatic heterocycles. The zero-order valence-electron chi connectivity index (χ0n) is 18.2. The van der Waals surface area contributed by atoms with Crippen molar-refractivity contribution in [2.45, 2.75) is 57.2 Å². The summed E-state index contributed by atoms with van der Waals surface area (Å²) in [6.07, 6.45) is -7.60. The fourth-order valence-electron chi connectivity index (χ4n) is 4.04. The van der Waals surface area contributed by atoms with E-state index in [0.29, 0.717) is 43.0 Å². The van der Waals surface area contributed by atoms with Crippen LogP contribution in [0.15, 0.2) is 48.5 Å². The smallest absolute Gasteiger partial charge is 0.424 e. The lowest BCUT2D eigenvalue weighted by Crippen LogP contribution is -2.49. The highest BCUT2D eigenvalue weighted by molar-refractivity contribution is 5.99. The number of nitrogens with zero attached hydrogens (tertiary/aromatic N) is 1. The standard InChI is InChI=1S/C24H25F4NO4/c1-15(25)23(32,24(26,27)28)19-11-12-20-18(14-19)10-6-7-13-29(20)22(31)21(33-16(2)30)17-8-4-3-5-9-17/h3-5,8-9,11-12,14-15,21,32H,6-7,10,13H2,1-2H3/t15?,21-,23?/m0/s1. The zero-order valence-corrected chi connectivity index (χ0v) is 18.2. The van der Waals surface area contributed by atoms with Crippen LogP contribution in [0.1, 0.15) is 49.5 Å². The Morgan fingerprint density at radius 2 is 1.76 bits per heavy atom. The number of aryl methyl sites for hydroxylation is 1. The van der Waals surface area contributed by atoms with E-state index < -0.39 is 41.5 Å². The Hall–Kier alpha value is -2.94. The number of fused-ring (bicyclic) bond motifs is 1. The fraction of sp³-hybridized carbons (Fsp3) is 0.417. The van der Waals surface area contributed by atoms with E-state index in [1.165, 1.54) is 17.9 Å². The minimum absolute atomic E-state index is 0.263. The number of ether oxygens (including phenoxy) is 1. The SMILES string of the molecule is CC(=O)O[C@H](C(=O)N1CCCCc2cc(C(O)(C(C)F)C(F)(F)F)ccc21)c1ccccc1. The molecular weight excluding hydrogens is 442 g/mol. The zero-order chi connectivity index (χ0) is 24.4. The lowest BCUT2D eigenvalue weighted by atomic mass is 9.87. The largest absolute Gasteiger partial charge is 0.447 e. The first-order valence-electron chi connectivity index (χ1n) is 10.6. The van der Waals surface area contributed by atoms with Crippen molar-refractivity contribution in [2.24, 2.45) is 0 Å². The quantitative estimate of drug-likeness (QED) is 0.508. The van der Waals surface area contributed by atoms with Crippen LogP contribution in [-0.4, -0.2) is 35.9 Å². The molecule has 33 heavy (non-hydrogen) atoms. The van der Waals surface area contributed by atoms with Gasteiger partial charge in [0.15, 0.2) is 0 Å². The van der Waals surface area contributed by atoms with Crippen molar-refractivity contribution >= 4 is 17.6 Å². The van der Waals surface area contributed by atoms with Crippen LogP contribution in [0.3, 0.4) is 0 Å². The van der Waals surface area contributed by atoms with Gasteiger partial charge in [-0.2, -0.15) is 13.2 Å². The topological polar surface area (TPSA) is 66.8 Å². The van der Waals surface area contributed by atoms with Crippen molar-refractivity contribution in [1.29, 1.82) is 0 Å². The molecule has 3 atom stereocenters. The van der Waals surface area contributed by atoms with E-state index in [1.807, 2.05) is 0 Å². The molecule has 2 aromatic carbocycles. The van der Waals surface area contributed by atoms with Crippen LogP contribution < -0.4 is 4.90 Å². The van der Waals surface area contributed by atoms with Crippen LogP contribution in [-0.2, 0) is 26.3 Å². The molecule has 1 amide bonds. The number of esters is 1. The highest BCUT2D eigenvalue weighted by Crippen LogP contribution is 2.44. The van der Waals surface area contributed by atoms with Crippen LogP contribution in [0, 0.1) is 0 Å². The monoisotopic (exact) mass is 467 g/mol.